The molecule has 4 nitrogen and oxygen atoms in total. The first-order valence-corrected chi connectivity index (χ1v) is 9.64. The number of anilines is 1. The number of nitrogens with one attached hydrogen (secondary N) is 1. The van der Waals surface area contributed by atoms with Crippen molar-refractivity contribution in [1.29, 1.82) is 0 Å². The Morgan fingerprint density at radius 3 is 2.58 bits per heavy atom. The number of carbonyl (C=O) groups excluding carboxylic acids is 1. The molecule has 0 radical (unpaired) electrons. The molecular weight excluding hydrogens is 454 g/mol. The maximum Gasteiger partial charge on any atom is 0.259 e. The van der Waals surface area contributed by atoms with Crippen LogP contribution in [0.25, 0.3) is 11.3 Å². The Bertz CT molecular complexity index is 878. The summed E-state index contributed by atoms with van der Waals surface area (Å²) in [5.74, 6) is -0.220. The highest BCUT2D eigenvalue weighted by atomic mass is 79.9. The molecule has 1 aromatic carbocycles. The van der Waals surface area contributed by atoms with Crippen molar-refractivity contribution in [1.82, 2.24) is 9.97 Å². The molecule has 3 rings (SSSR count). The molecule has 0 atom stereocenters. The molecule has 3 aromatic rings. The van der Waals surface area contributed by atoms with Gasteiger partial charge in [-0.05, 0) is 40.5 Å². The summed E-state index contributed by atoms with van der Waals surface area (Å²) in [6, 6.07) is 9.73. The highest BCUT2D eigenvalue weighted by molar-refractivity contribution is 9.10. The van der Waals surface area contributed by atoms with Gasteiger partial charge < -0.3 is 0 Å². The standard InChI is InChI=1S/C17H13Br2N3OS/c1-2-14-15(10-3-5-12(18)6-4-10)21-17(24-14)22-16(23)11-7-13(19)9-20-8-11/h3-9H,2H2,1H3,(H,21,22,23). The van der Waals surface area contributed by atoms with Crippen LogP contribution in [-0.2, 0) is 6.42 Å². The van der Waals surface area contributed by atoms with E-state index >= 15 is 0 Å². The highest BCUT2D eigenvalue weighted by Gasteiger charge is 2.15. The van der Waals surface area contributed by atoms with Crippen LogP contribution in [0, 0.1) is 0 Å². The van der Waals surface area contributed by atoms with Crippen LogP contribution in [0.5, 0.6) is 0 Å². The van der Waals surface area contributed by atoms with Gasteiger partial charge in [-0.2, -0.15) is 0 Å². The monoisotopic (exact) mass is 465 g/mol. The number of rotatable bonds is 4. The van der Waals surface area contributed by atoms with Crippen molar-refractivity contribution in [3.05, 3.63) is 62.1 Å². The van der Waals surface area contributed by atoms with Crippen molar-refractivity contribution in [2.75, 3.05) is 5.32 Å². The first-order chi connectivity index (χ1) is 11.6. The molecule has 7 heteroatoms. The predicted molar refractivity (Wildman–Crippen MR) is 105 cm³/mol. The molecule has 0 bridgehead atoms. The average Bonchev–Trinajstić information content (AvgIpc) is 2.98. The highest BCUT2D eigenvalue weighted by Crippen LogP contribution is 2.32. The van der Waals surface area contributed by atoms with Crippen molar-refractivity contribution < 1.29 is 4.79 Å². The first kappa shape index (κ1) is 17.3. The number of thiazole rings is 1. The van der Waals surface area contributed by atoms with Crippen LogP contribution in [0.2, 0.25) is 0 Å². The Hall–Kier alpha value is -1.57. The van der Waals surface area contributed by atoms with E-state index in [9.17, 15) is 4.79 Å². The summed E-state index contributed by atoms with van der Waals surface area (Å²) in [4.78, 5) is 22.1. The molecule has 24 heavy (non-hydrogen) atoms. The van der Waals surface area contributed by atoms with E-state index in [-0.39, 0.29) is 5.91 Å². The molecule has 0 aliphatic carbocycles. The number of halogens is 2. The van der Waals surface area contributed by atoms with Gasteiger partial charge in [0.05, 0.1) is 11.3 Å². The molecule has 1 amide bonds. The normalized spacial score (nSPS) is 10.6. The van der Waals surface area contributed by atoms with Crippen molar-refractivity contribution in [3.63, 3.8) is 0 Å². The molecule has 1 N–H and O–H groups in total. The van der Waals surface area contributed by atoms with E-state index in [1.54, 1.807) is 12.3 Å². The summed E-state index contributed by atoms with van der Waals surface area (Å²) in [6.45, 7) is 2.08. The average molecular weight is 467 g/mol. The van der Waals surface area contributed by atoms with E-state index in [4.69, 9.17) is 0 Å². The van der Waals surface area contributed by atoms with Crippen LogP contribution < -0.4 is 5.32 Å². The Labute approximate surface area is 160 Å². The molecular formula is C17H13Br2N3OS. The summed E-state index contributed by atoms with van der Waals surface area (Å²) in [6.07, 6.45) is 4.03. The van der Waals surface area contributed by atoms with Gasteiger partial charge in [-0.3, -0.25) is 15.1 Å². The number of amides is 1. The van der Waals surface area contributed by atoms with Gasteiger partial charge in [0.1, 0.15) is 0 Å². The number of aromatic nitrogens is 2. The summed E-state index contributed by atoms with van der Waals surface area (Å²) in [5, 5.41) is 3.45. The quantitative estimate of drug-likeness (QED) is 0.548. The Morgan fingerprint density at radius 1 is 1.17 bits per heavy atom. The molecule has 0 saturated carbocycles. The fraction of sp³-hybridized carbons (Fsp3) is 0.118. The lowest BCUT2D eigenvalue weighted by atomic mass is 10.1. The van der Waals surface area contributed by atoms with Crippen LogP contribution in [0.1, 0.15) is 22.2 Å². The maximum absolute atomic E-state index is 12.3. The minimum absolute atomic E-state index is 0.220. The number of hydrogen-bond donors (Lipinski definition) is 1. The van der Waals surface area contributed by atoms with Crippen molar-refractivity contribution >= 4 is 54.2 Å². The Kier molecular flexibility index (Phi) is 5.43. The second kappa shape index (κ2) is 7.55. The Balaban J connectivity index is 1.87. The first-order valence-electron chi connectivity index (χ1n) is 7.24. The minimum Gasteiger partial charge on any atom is -0.298 e. The van der Waals surface area contributed by atoms with Gasteiger partial charge in [0, 0.05) is 31.8 Å². The van der Waals surface area contributed by atoms with E-state index in [1.165, 1.54) is 17.5 Å². The lowest BCUT2D eigenvalue weighted by molar-refractivity contribution is 0.102. The maximum atomic E-state index is 12.3. The zero-order valence-electron chi connectivity index (χ0n) is 12.7. The van der Waals surface area contributed by atoms with Gasteiger partial charge in [0.15, 0.2) is 5.13 Å². The summed E-state index contributed by atoms with van der Waals surface area (Å²) in [5.41, 5.74) is 2.44. The van der Waals surface area contributed by atoms with Gasteiger partial charge >= 0.3 is 0 Å². The fourth-order valence-electron chi connectivity index (χ4n) is 2.18. The lowest BCUT2D eigenvalue weighted by Crippen LogP contribution is -2.11. The second-order valence-electron chi connectivity index (χ2n) is 5.00. The topological polar surface area (TPSA) is 54.9 Å². The number of hydrogen-bond acceptors (Lipinski definition) is 4. The van der Waals surface area contributed by atoms with Gasteiger partial charge in [0.25, 0.3) is 5.91 Å². The smallest absolute Gasteiger partial charge is 0.259 e. The number of aryl methyl sites for hydroxylation is 1. The van der Waals surface area contributed by atoms with E-state index in [0.29, 0.717) is 10.7 Å². The van der Waals surface area contributed by atoms with Crippen molar-refractivity contribution in [3.8, 4) is 11.3 Å². The summed E-state index contributed by atoms with van der Waals surface area (Å²) >= 11 is 8.26. The van der Waals surface area contributed by atoms with Gasteiger partial charge in [-0.1, -0.05) is 35.0 Å². The number of benzene rings is 1. The molecule has 2 aromatic heterocycles. The van der Waals surface area contributed by atoms with E-state index in [1.807, 2.05) is 24.3 Å². The molecule has 0 aliphatic heterocycles. The molecule has 0 fully saturated rings. The molecule has 0 spiro atoms. The third-order valence-electron chi connectivity index (χ3n) is 3.32. The Morgan fingerprint density at radius 2 is 1.92 bits per heavy atom. The van der Waals surface area contributed by atoms with E-state index in [2.05, 4.69) is 54.1 Å². The minimum atomic E-state index is -0.220. The van der Waals surface area contributed by atoms with E-state index in [0.717, 1.165) is 31.5 Å². The zero-order chi connectivity index (χ0) is 17.1. The zero-order valence-corrected chi connectivity index (χ0v) is 16.7. The van der Waals surface area contributed by atoms with Gasteiger partial charge in [0.2, 0.25) is 0 Å². The molecule has 122 valence electrons. The molecule has 0 saturated heterocycles. The van der Waals surface area contributed by atoms with Gasteiger partial charge in [-0.25, -0.2) is 4.98 Å². The summed E-state index contributed by atoms with van der Waals surface area (Å²) in [7, 11) is 0. The van der Waals surface area contributed by atoms with Crippen LogP contribution in [0.4, 0.5) is 5.13 Å². The molecule has 0 aliphatic rings. The van der Waals surface area contributed by atoms with Gasteiger partial charge in [-0.15, -0.1) is 11.3 Å². The molecule has 0 unspecified atom stereocenters. The summed E-state index contributed by atoms with van der Waals surface area (Å²) < 4.78 is 1.79. The predicted octanol–water partition coefficient (Wildman–Crippen LogP) is 5.54. The van der Waals surface area contributed by atoms with Crippen LogP contribution in [0.15, 0.2) is 51.7 Å². The third kappa shape index (κ3) is 3.91. The SMILES string of the molecule is CCc1sc(NC(=O)c2cncc(Br)c2)nc1-c1ccc(Br)cc1. The van der Waals surface area contributed by atoms with Crippen LogP contribution in [0.3, 0.4) is 0 Å². The number of carbonyl (C=O) groups is 1. The van der Waals surface area contributed by atoms with Crippen LogP contribution >= 0.6 is 43.2 Å². The second-order valence-corrected chi connectivity index (χ2v) is 7.91. The third-order valence-corrected chi connectivity index (χ3v) is 5.40. The van der Waals surface area contributed by atoms with Crippen molar-refractivity contribution in [2.45, 2.75) is 13.3 Å². The number of pyridine rings is 1. The van der Waals surface area contributed by atoms with Crippen molar-refractivity contribution in [2.24, 2.45) is 0 Å². The largest absolute Gasteiger partial charge is 0.298 e. The van der Waals surface area contributed by atoms with E-state index < -0.39 is 0 Å². The molecule has 2 heterocycles. The number of nitrogens with zero attached hydrogens (tertiary/aromatic N) is 2. The fourth-order valence-corrected chi connectivity index (χ4v) is 3.73. The van der Waals surface area contributed by atoms with Crippen LogP contribution in [-0.4, -0.2) is 15.9 Å². The lowest BCUT2D eigenvalue weighted by Gasteiger charge is -2.01.